The number of anilines is 2. The zero-order valence-electron chi connectivity index (χ0n) is 35.0. The van der Waals surface area contributed by atoms with Crippen molar-refractivity contribution >= 4 is 50.2 Å². The zero-order chi connectivity index (χ0) is 45.6. The fourth-order valence-corrected chi connectivity index (χ4v) is 10.3. The number of nitrogens with zero attached hydrogens (tertiary/aromatic N) is 5. The molecule has 9 rings (SSSR count). The largest absolute Gasteiger partial charge is 0.494 e. The first-order valence-corrected chi connectivity index (χ1v) is 22.9. The van der Waals surface area contributed by atoms with Crippen LogP contribution in [-0.2, 0) is 26.3 Å². The molecule has 20 heteroatoms. The van der Waals surface area contributed by atoms with E-state index < -0.39 is 75.6 Å². The van der Waals surface area contributed by atoms with E-state index in [1.54, 1.807) is 23.1 Å². The summed E-state index contributed by atoms with van der Waals surface area (Å²) in [5.74, 6) is -4.20. The van der Waals surface area contributed by atoms with Gasteiger partial charge in [0.25, 0.3) is 0 Å². The molecular weight excluding hydrogens is 873 g/mol. The molecular formula is C45H46F4N8O7S. The van der Waals surface area contributed by atoms with Crippen molar-refractivity contribution in [2.45, 2.75) is 57.1 Å². The number of rotatable bonds is 14. The van der Waals surface area contributed by atoms with Gasteiger partial charge < -0.3 is 19.7 Å². The third-order valence-corrected chi connectivity index (χ3v) is 14.1. The monoisotopic (exact) mass is 918 g/mol. The van der Waals surface area contributed by atoms with E-state index in [-0.39, 0.29) is 41.9 Å². The molecule has 3 aromatic carbocycles. The first-order chi connectivity index (χ1) is 31.2. The topological polar surface area (TPSA) is 181 Å². The Balaban J connectivity index is 0.773. The van der Waals surface area contributed by atoms with Crippen molar-refractivity contribution in [3.8, 4) is 16.9 Å². The molecule has 3 fully saturated rings. The average Bonchev–Trinajstić information content (AvgIpc) is 4.01. The minimum Gasteiger partial charge on any atom is -0.494 e. The maximum atomic E-state index is 15.8. The van der Waals surface area contributed by atoms with Crippen molar-refractivity contribution in [2.75, 3.05) is 62.0 Å². The van der Waals surface area contributed by atoms with Crippen LogP contribution in [0.25, 0.3) is 22.2 Å². The number of ether oxygens (including phenoxy) is 1. The maximum Gasteiger partial charge on any atom is 0.301 e. The number of halogens is 4. The number of pyridine rings is 1. The van der Waals surface area contributed by atoms with E-state index in [2.05, 4.69) is 20.2 Å². The third kappa shape index (κ3) is 9.04. The van der Waals surface area contributed by atoms with Gasteiger partial charge in [-0.15, -0.1) is 0 Å². The van der Waals surface area contributed by atoms with Crippen molar-refractivity contribution in [3.05, 3.63) is 107 Å². The summed E-state index contributed by atoms with van der Waals surface area (Å²) in [6.45, 7) is 3.88. The summed E-state index contributed by atoms with van der Waals surface area (Å²) >= 11 is 0. The second-order valence-corrected chi connectivity index (χ2v) is 18.4. The van der Waals surface area contributed by atoms with Crippen molar-refractivity contribution in [3.63, 3.8) is 0 Å². The van der Waals surface area contributed by atoms with Gasteiger partial charge in [0.15, 0.2) is 5.82 Å². The smallest absolute Gasteiger partial charge is 0.301 e. The summed E-state index contributed by atoms with van der Waals surface area (Å²) in [4.78, 5) is 50.9. The molecule has 3 saturated heterocycles. The highest BCUT2D eigenvalue weighted by atomic mass is 32.2. The molecule has 342 valence electrons. The van der Waals surface area contributed by atoms with Crippen molar-refractivity contribution < 1.29 is 50.2 Å². The number of benzene rings is 3. The van der Waals surface area contributed by atoms with E-state index in [1.807, 2.05) is 27.8 Å². The molecule has 0 radical (unpaired) electrons. The standard InChI is InChI=1S/C45H46F4N8O7S/c46-29-11-13-56(25-29)65(62,63)53-36-7-6-34(47)40(41(36)49)42(59)33-23-51-43-32(33)20-27(22-50-43)26-3-8-37(35(48)21-26)55-16-14-54(15-17-55)12-1-2-18-64-30-4-5-31-28(19-30)24-57(45(31)61)38-9-10-39(58)52-44(38)60/h3-8,19-23,29,38,45,53,61H,1-2,9-18,24-25H2,(H,50,51)(H,52,58,60)/t29-,38?,45?/m1/s1. The molecule has 0 spiro atoms. The van der Waals surface area contributed by atoms with Crippen molar-refractivity contribution in [2.24, 2.45) is 0 Å². The van der Waals surface area contributed by atoms with Crippen LogP contribution in [0.15, 0.2) is 67.0 Å². The Bertz CT molecular complexity index is 2790. The molecule has 5 aromatic rings. The van der Waals surface area contributed by atoms with E-state index in [0.29, 0.717) is 55.2 Å². The quantitative estimate of drug-likeness (QED) is 0.0500. The first kappa shape index (κ1) is 44.3. The normalized spacial score (nSPS) is 20.9. The van der Waals surface area contributed by atoms with Crippen LogP contribution in [-0.4, -0.2) is 120 Å². The molecule has 6 heterocycles. The highest BCUT2D eigenvalue weighted by molar-refractivity contribution is 7.90. The predicted octanol–water partition coefficient (Wildman–Crippen LogP) is 5.17. The number of alkyl halides is 1. The van der Waals surface area contributed by atoms with E-state index >= 15 is 13.2 Å². The molecule has 2 unspecified atom stereocenters. The number of carbonyl (C=O) groups excluding carboxylic acids is 3. The number of aliphatic hydroxyl groups excluding tert-OH is 1. The summed E-state index contributed by atoms with van der Waals surface area (Å²) in [7, 11) is -4.39. The second-order valence-electron chi connectivity index (χ2n) is 16.7. The molecule has 4 aliphatic rings. The number of hydrogen-bond acceptors (Lipinski definition) is 11. The van der Waals surface area contributed by atoms with Gasteiger partial charge in [-0.25, -0.2) is 22.5 Å². The van der Waals surface area contributed by atoms with Crippen LogP contribution >= 0.6 is 0 Å². The number of nitrogens with one attached hydrogen (secondary N) is 3. The molecule has 4 aliphatic heterocycles. The van der Waals surface area contributed by atoms with E-state index in [9.17, 15) is 32.3 Å². The SMILES string of the molecule is O=C1CCC(N2Cc3cc(OCCCCN4CCN(c5ccc(-c6cnc7[nH]cc(C(=O)c8c(F)ccc(NS(=O)(=O)N9CC[C@@H](F)C9)c8F)c7c6)cc5F)CC4)ccc3C2O)C(=O)N1. The van der Waals surface area contributed by atoms with Crippen molar-refractivity contribution in [1.29, 1.82) is 0 Å². The van der Waals surface area contributed by atoms with Crippen LogP contribution < -0.4 is 19.7 Å². The number of piperazine rings is 1. The number of carbonyl (C=O) groups is 3. The molecule has 0 bridgehead atoms. The van der Waals surface area contributed by atoms with Gasteiger partial charge in [-0.1, -0.05) is 12.1 Å². The molecule has 0 saturated carbocycles. The number of piperidine rings is 1. The fraction of sp³-hybridized carbons (Fsp3) is 0.378. The number of imide groups is 1. The number of hydrogen-bond donors (Lipinski definition) is 4. The van der Waals surface area contributed by atoms with Crippen LogP contribution in [0.2, 0.25) is 0 Å². The average molecular weight is 919 g/mol. The predicted molar refractivity (Wildman–Crippen MR) is 231 cm³/mol. The summed E-state index contributed by atoms with van der Waals surface area (Å²) in [6, 6.07) is 12.9. The Labute approximate surface area is 371 Å². The van der Waals surface area contributed by atoms with Crippen LogP contribution in [0.5, 0.6) is 5.75 Å². The number of H-pyrrole nitrogens is 1. The molecule has 2 aromatic heterocycles. The first-order valence-electron chi connectivity index (χ1n) is 21.5. The van der Waals surface area contributed by atoms with Gasteiger partial charge in [0.2, 0.25) is 17.6 Å². The van der Waals surface area contributed by atoms with Crippen LogP contribution in [0.1, 0.15) is 65.4 Å². The third-order valence-electron chi connectivity index (χ3n) is 12.6. The highest BCUT2D eigenvalue weighted by Gasteiger charge is 2.40. The van der Waals surface area contributed by atoms with E-state index in [1.165, 1.54) is 18.5 Å². The fourth-order valence-electron chi connectivity index (χ4n) is 9.02. The summed E-state index contributed by atoms with van der Waals surface area (Å²) in [5, 5.41) is 13.4. The van der Waals surface area contributed by atoms with E-state index in [0.717, 1.165) is 60.0 Å². The number of fused-ring (bicyclic) bond motifs is 2. The van der Waals surface area contributed by atoms with Crippen LogP contribution in [0.4, 0.5) is 28.9 Å². The minimum atomic E-state index is -4.39. The molecule has 15 nitrogen and oxygen atoms in total. The molecule has 0 aliphatic carbocycles. The number of amides is 2. The molecule has 2 amide bonds. The van der Waals surface area contributed by atoms with Gasteiger partial charge in [-0.3, -0.25) is 34.2 Å². The van der Waals surface area contributed by atoms with Gasteiger partial charge >= 0.3 is 10.2 Å². The second kappa shape index (κ2) is 18.2. The minimum absolute atomic E-state index is 0.0190. The Morgan fingerprint density at radius 1 is 0.938 bits per heavy atom. The summed E-state index contributed by atoms with van der Waals surface area (Å²) in [5.41, 5.74) is 1.36. The van der Waals surface area contributed by atoms with Gasteiger partial charge in [0.05, 0.1) is 29.6 Å². The summed E-state index contributed by atoms with van der Waals surface area (Å²) in [6.07, 6.45) is 2.70. The number of aliphatic hydroxyl groups is 1. The Morgan fingerprint density at radius 3 is 2.51 bits per heavy atom. The lowest BCUT2D eigenvalue weighted by Crippen LogP contribution is -2.51. The number of unbranched alkanes of at least 4 members (excludes halogenated alkanes) is 1. The van der Waals surface area contributed by atoms with Crippen LogP contribution in [0.3, 0.4) is 0 Å². The van der Waals surface area contributed by atoms with Gasteiger partial charge in [-0.05, 0) is 85.8 Å². The number of ketones is 1. The summed E-state index contributed by atoms with van der Waals surface area (Å²) < 4.78 is 94.7. The zero-order valence-corrected chi connectivity index (χ0v) is 35.9. The molecule has 3 atom stereocenters. The lowest BCUT2D eigenvalue weighted by Gasteiger charge is -2.36. The molecule has 4 N–H and O–H groups in total. The van der Waals surface area contributed by atoms with Crippen molar-refractivity contribution in [1.82, 2.24) is 29.4 Å². The Morgan fingerprint density at radius 2 is 1.75 bits per heavy atom. The number of aromatic nitrogens is 2. The number of aromatic amines is 1. The Kier molecular flexibility index (Phi) is 12.4. The van der Waals surface area contributed by atoms with Gasteiger partial charge in [-0.2, -0.15) is 12.7 Å². The van der Waals surface area contributed by atoms with Gasteiger partial charge in [0, 0.05) is 86.7 Å². The Hall–Kier alpha value is -5.93. The lowest BCUT2D eigenvalue weighted by atomic mass is 9.99. The van der Waals surface area contributed by atoms with Crippen LogP contribution in [0, 0.1) is 17.5 Å². The molecule has 65 heavy (non-hydrogen) atoms. The van der Waals surface area contributed by atoms with Gasteiger partial charge in [0.1, 0.15) is 35.4 Å². The maximum absolute atomic E-state index is 15.8. The highest BCUT2D eigenvalue weighted by Crippen LogP contribution is 2.37. The van der Waals surface area contributed by atoms with E-state index in [4.69, 9.17) is 4.74 Å². The lowest BCUT2D eigenvalue weighted by molar-refractivity contribution is -0.141.